The average molecular weight is 303 g/mol. The smallest absolute Gasteiger partial charge is 0.185 e. The summed E-state index contributed by atoms with van der Waals surface area (Å²) in [5.41, 5.74) is 0. The molecule has 0 saturated carbocycles. The van der Waals surface area contributed by atoms with Crippen molar-refractivity contribution in [1.29, 1.82) is 0 Å². The molecule has 0 aromatic carbocycles. The Morgan fingerprint density at radius 2 is 0.800 bits per heavy atom. The van der Waals surface area contributed by atoms with Crippen LogP contribution in [0.2, 0.25) is 0 Å². The van der Waals surface area contributed by atoms with E-state index >= 15 is 0 Å². The van der Waals surface area contributed by atoms with Crippen molar-refractivity contribution < 1.29 is 35.1 Å². The molecule has 92 valence electrons. The van der Waals surface area contributed by atoms with Gasteiger partial charge in [-0.1, -0.05) is 0 Å². The van der Waals surface area contributed by atoms with Crippen LogP contribution in [0.3, 0.4) is 0 Å². The van der Waals surface area contributed by atoms with Crippen molar-refractivity contribution in [2.45, 2.75) is 21.3 Å². The molecule has 0 aliphatic rings. The zero-order valence-electron chi connectivity index (χ0n) is 6.19. The van der Waals surface area contributed by atoms with Gasteiger partial charge in [0, 0.05) is 11.8 Å². The molecule has 0 nitrogen and oxygen atoms in total. The van der Waals surface area contributed by atoms with E-state index < -0.39 is 33.0 Å². The summed E-state index contributed by atoms with van der Waals surface area (Å²) in [5.74, 6) is 0. The highest BCUT2D eigenvalue weighted by molar-refractivity contribution is 8.01. The molecule has 0 aliphatic carbocycles. The first-order chi connectivity index (χ1) is 6.21. The number of alkyl halides is 10. The van der Waals surface area contributed by atoms with Crippen LogP contribution in [0.1, 0.15) is 0 Å². The van der Waals surface area contributed by atoms with E-state index in [-0.39, 0.29) is 0 Å². The predicted octanol–water partition coefficient (Wildman–Crippen LogP) is 4.57. The van der Waals surface area contributed by atoms with E-state index in [0.717, 1.165) is 0 Å². The van der Waals surface area contributed by atoms with E-state index in [4.69, 9.17) is 0 Å². The number of hydrogen-bond donors (Lipinski definition) is 0. The Labute approximate surface area is 91.9 Å². The fraction of sp³-hybridized carbons (Fsp3) is 1.00. The summed E-state index contributed by atoms with van der Waals surface area (Å²) in [7, 11) is 0. The van der Waals surface area contributed by atoms with Gasteiger partial charge in [0.25, 0.3) is 0 Å². The Balaban J connectivity index is 4.89. The molecule has 0 N–H and O–H groups in total. The Morgan fingerprint density at radius 3 is 0.933 bits per heavy atom. The highest BCUT2D eigenvalue weighted by Crippen LogP contribution is 2.57. The molecule has 0 amide bonds. The SMILES string of the molecule is FC(F)(Cl)C(F)(F)SC(F)(F)C(F)(F)Cl. The first-order valence-electron chi connectivity index (χ1n) is 2.80. The van der Waals surface area contributed by atoms with Gasteiger partial charge in [0.05, 0.1) is 0 Å². The van der Waals surface area contributed by atoms with Crippen molar-refractivity contribution in [3.05, 3.63) is 0 Å². The van der Waals surface area contributed by atoms with Gasteiger partial charge >= 0.3 is 21.3 Å². The van der Waals surface area contributed by atoms with Crippen LogP contribution < -0.4 is 0 Å². The van der Waals surface area contributed by atoms with Crippen LogP contribution >= 0.6 is 35.0 Å². The molecule has 0 radical (unpaired) electrons. The molecule has 0 bridgehead atoms. The lowest BCUT2D eigenvalue weighted by atomic mass is 10.7. The Hall–Kier alpha value is 0.370. The van der Waals surface area contributed by atoms with E-state index in [1.165, 1.54) is 0 Å². The Kier molecular flexibility index (Phi) is 4.09. The van der Waals surface area contributed by atoms with E-state index in [1.807, 2.05) is 0 Å². The number of thioether (sulfide) groups is 1. The van der Waals surface area contributed by atoms with Crippen molar-refractivity contribution >= 4 is 35.0 Å². The van der Waals surface area contributed by atoms with Gasteiger partial charge in [-0.05, 0) is 23.2 Å². The maximum atomic E-state index is 12.2. The molecule has 0 heterocycles. The van der Waals surface area contributed by atoms with Crippen LogP contribution in [0.5, 0.6) is 0 Å². The summed E-state index contributed by atoms with van der Waals surface area (Å²) in [6.45, 7) is 0. The second-order valence-corrected chi connectivity index (χ2v) is 4.31. The molecular weight excluding hydrogens is 303 g/mol. The molecule has 0 aliphatic heterocycles. The largest absolute Gasteiger partial charge is 0.394 e. The van der Waals surface area contributed by atoms with Crippen molar-refractivity contribution in [2.24, 2.45) is 0 Å². The third kappa shape index (κ3) is 3.70. The van der Waals surface area contributed by atoms with Gasteiger partial charge < -0.3 is 0 Å². The fourth-order valence-corrected chi connectivity index (χ4v) is 1.06. The van der Waals surface area contributed by atoms with Crippen LogP contribution in [0.15, 0.2) is 0 Å². The third-order valence-electron chi connectivity index (χ3n) is 0.916. The zero-order chi connectivity index (χ0) is 12.7. The Bertz CT molecular complexity index is 206. The van der Waals surface area contributed by atoms with Crippen molar-refractivity contribution in [1.82, 2.24) is 0 Å². The van der Waals surface area contributed by atoms with Crippen molar-refractivity contribution in [3.63, 3.8) is 0 Å². The summed E-state index contributed by atoms with van der Waals surface area (Å²) >= 11 is 5.20. The second kappa shape index (κ2) is 3.99. The molecule has 0 aromatic heterocycles. The van der Waals surface area contributed by atoms with E-state index in [1.54, 1.807) is 0 Å². The molecule has 0 atom stereocenters. The van der Waals surface area contributed by atoms with Crippen molar-refractivity contribution in [2.75, 3.05) is 0 Å². The van der Waals surface area contributed by atoms with Crippen LogP contribution in [-0.2, 0) is 0 Å². The molecule has 0 spiro atoms. The fourth-order valence-electron chi connectivity index (χ4n) is 0.277. The van der Waals surface area contributed by atoms with Gasteiger partial charge in [-0.25, -0.2) is 0 Å². The molecule has 0 saturated heterocycles. The Morgan fingerprint density at radius 1 is 0.600 bits per heavy atom. The minimum atomic E-state index is -5.59. The maximum absolute atomic E-state index is 12.2. The number of rotatable bonds is 4. The highest BCUT2D eigenvalue weighted by Gasteiger charge is 2.67. The molecule has 11 heteroatoms. The van der Waals surface area contributed by atoms with Crippen LogP contribution in [0.25, 0.3) is 0 Å². The number of hydrogen-bond acceptors (Lipinski definition) is 1. The number of halogens is 10. The predicted molar refractivity (Wildman–Crippen MR) is 39.1 cm³/mol. The third-order valence-corrected chi connectivity index (χ3v) is 2.64. The molecule has 0 unspecified atom stereocenters. The van der Waals surface area contributed by atoms with Gasteiger partial charge in [-0.2, -0.15) is 35.1 Å². The quantitative estimate of drug-likeness (QED) is 0.541. The summed E-state index contributed by atoms with van der Waals surface area (Å²) < 4.78 is 95.8. The normalized spacial score (nSPS) is 15.6. The van der Waals surface area contributed by atoms with Gasteiger partial charge in [-0.3, -0.25) is 0 Å². The minimum Gasteiger partial charge on any atom is -0.185 e. The van der Waals surface area contributed by atoms with Crippen molar-refractivity contribution in [3.8, 4) is 0 Å². The van der Waals surface area contributed by atoms with Gasteiger partial charge in [0.2, 0.25) is 0 Å². The standard InChI is InChI=1S/C4Cl2F8S/c5-1(7,8)3(11,12)15-4(13,14)2(6,9)10. The van der Waals surface area contributed by atoms with Crippen LogP contribution in [-0.4, -0.2) is 21.3 Å². The summed E-state index contributed by atoms with van der Waals surface area (Å²) in [6, 6.07) is 0. The zero-order valence-corrected chi connectivity index (χ0v) is 8.52. The summed E-state index contributed by atoms with van der Waals surface area (Å²) in [4.78, 5) is 0. The van der Waals surface area contributed by atoms with E-state index in [9.17, 15) is 35.1 Å². The first-order valence-corrected chi connectivity index (χ1v) is 4.37. The van der Waals surface area contributed by atoms with Gasteiger partial charge in [0.15, 0.2) is 0 Å². The highest BCUT2D eigenvalue weighted by atomic mass is 35.5. The molecule has 15 heavy (non-hydrogen) atoms. The van der Waals surface area contributed by atoms with E-state index in [0.29, 0.717) is 0 Å². The van der Waals surface area contributed by atoms with E-state index in [2.05, 4.69) is 23.2 Å². The van der Waals surface area contributed by atoms with Gasteiger partial charge in [-0.15, -0.1) is 0 Å². The molecule has 0 aromatic rings. The topological polar surface area (TPSA) is 0 Å². The maximum Gasteiger partial charge on any atom is 0.394 e. The average Bonchev–Trinajstić information content (AvgIpc) is 1.77. The van der Waals surface area contributed by atoms with Crippen LogP contribution in [0.4, 0.5) is 35.1 Å². The lowest BCUT2D eigenvalue weighted by Crippen LogP contribution is -2.41. The monoisotopic (exact) mass is 302 g/mol. The lowest BCUT2D eigenvalue weighted by molar-refractivity contribution is -0.116. The second-order valence-electron chi connectivity index (χ2n) is 2.13. The van der Waals surface area contributed by atoms with Crippen LogP contribution in [0, 0.1) is 0 Å². The summed E-state index contributed by atoms with van der Waals surface area (Å²) in [5, 5.41) is -22.0. The lowest BCUT2D eigenvalue weighted by Gasteiger charge is -2.26. The molecule has 0 rings (SSSR count). The molecule has 0 fully saturated rings. The summed E-state index contributed by atoms with van der Waals surface area (Å²) in [6.07, 6.45) is 0. The van der Waals surface area contributed by atoms with Gasteiger partial charge in [0.1, 0.15) is 0 Å². The first kappa shape index (κ1) is 15.4. The minimum absolute atomic E-state index is 2.31. The molecular formula is C4Cl2F8S.